The summed E-state index contributed by atoms with van der Waals surface area (Å²) in [5.74, 6) is 1.82. The second kappa shape index (κ2) is 7.11. The topological polar surface area (TPSA) is 57.5 Å². The van der Waals surface area contributed by atoms with Crippen molar-refractivity contribution in [1.29, 1.82) is 0 Å². The summed E-state index contributed by atoms with van der Waals surface area (Å²) in [5, 5.41) is 21.4. The van der Waals surface area contributed by atoms with Crippen molar-refractivity contribution >= 4 is 5.97 Å². The number of carboxylic acids is 1. The summed E-state index contributed by atoms with van der Waals surface area (Å²) >= 11 is 0. The Morgan fingerprint density at radius 1 is 0.909 bits per heavy atom. The van der Waals surface area contributed by atoms with E-state index in [9.17, 15) is 15.0 Å². The van der Waals surface area contributed by atoms with Crippen molar-refractivity contribution in [2.45, 2.75) is 112 Å². The number of rotatable bonds is 1. The van der Waals surface area contributed by atoms with Crippen molar-refractivity contribution in [3.8, 4) is 0 Å². The Kier molecular flexibility index (Phi) is 5.15. The van der Waals surface area contributed by atoms with Crippen LogP contribution in [0.1, 0.15) is 106 Å². The van der Waals surface area contributed by atoms with Crippen molar-refractivity contribution in [3.63, 3.8) is 0 Å². The fraction of sp³-hybridized carbons (Fsp3) is 0.900. The number of hydrogen-bond acceptors (Lipinski definition) is 2. The molecule has 0 amide bonds. The van der Waals surface area contributed by atoms with Crippen LogP contribution in [0, 0.1) is 56.7 Å². The first-order chi connectivity index (χ1) is 15.3. The van der Waals surface area contributed by atoms with E-state index in [1.165, 1.54) is 18.4 Å². The Morgan fingerprint density at radius 3 is 2.27 bits per heavy atom. The molecular weight excluding hydrogens is 408 g/mol. The number of allylic oxidation sites excluding steroid dienone is 2. The van der Waals surface area contributed by atoms with Crippen LogP contribution in [0.5, 0.6) is 0 Å². The molecule has 0 heterocycles. The molecule has 0 radical (unpaired) electrons. The van der Waals surface area contributed by atoms with Crippen molar-refractivity contribution in [3.05, 3.63) is 11.6 Å². The summed E-state index contributed by atoms with van der Waals surface area (Å²) in [6.45, 7) is 17.0. The van der Waals surface area contributed by atoms with E-state index in [0.717, 1.165) is 44.9 Å². The number of carboxylic acid groups (broad SMARTS) is 1. The highest BCUT2D eigenvalue weighted by Gasteiger charge is 2.69. The molecule has 5 rings (SSSR count). The zero-order valence-electron chi connectivity index (χ0n) is 22.2. The molecule has 4 fully saturated rings. The van der Waals surface area contributed by atoms with Crippen LogP contribution in [-0.2, 0) is 4.79 Å². The number of carbonyl (C=O) groups is 1. The molecule has 33 heavy (non-hydrogen) atoms. The SMILES string of the molecule is C[C@H]1[C@H]2C3=CC[C@H]4[C@@]5(C)CC[C@H](O)C(C)(C)[C@@H]5CC[C@]4(C)[C@]3(C)CC[C@]2(C(=O)O)CC[C@@H]1C. The Morgan fingerprint density at radius 2 is 1.61 bits per heavy atom. The minimum atomic E-state index is -0.557. The van der Waals surface area contributed by atoms with Crippen molar-refractivity contribution in [2.24, 2.45) is 56.7 Å². The zero-order chi connectivity index (χ0) is 24.2. The minimum absolute atomic E-state index is 0.0302. The highest BCUT2D eigenvalue weighted by molar-refractivity contribution is 5.76. The van der Waals surface area contributed by atoms with Crippen LogP contribution < -0.4 is 0 Å². The van der Waals surface area contributed by atoms with Crippen LogP contribution in [0.2, 0.25) is 0 Å². The average Bonchev–Trinajstić information content (AvgIpc) is 2.74. The molecule has 0 unspecified atom stereocenters. The van der Waals surface area contributed by atoms with Gasteiger partial charge in [0.15, 0.2) is 0 Å². The molecule has 0 aromatic rings. The van der Waals surface area contributed by atoms with E-state index >= 15 is 0 Å². The second-order valence-electron chi connectivity index (χ2n) is 14.5. The minimum Gasteiger partial charge on any atom is -0.481 e. The fourth-order valence-corrected chi connectivity index (χ4v) is 10.8. The molecule has 186 valence electrons. The summed E-state index contributed by atoms with van der Waals surface area (Å²) in [6, 6.07) is 0. The number of aliphatic hydroxyl groups excluding tert-OH is 1. The molecule has 0 spiro atoms. The monoisotopic (exact) mass is 456 g/mol. The lowest BCUT2D eigenvalue weighted by molar-refractivity contribution is -0.206. The normalized spacial score (nSPS) is 55.3. The summed E-state index contributed by atoms with van der Waals surface area (Å²) in [4.78, 5) is 12.8. The maximum atomic E-state index is 12.8. The van der Waals surface area contributed by atoms with Gasteiger partial charge in [-0.25, -0.2) is 0 Å². The van der Waals surface area contributed by atoms with E-state index in [2.05, 4.69) is 54.5 Å². The summed E-state index contributed by atoms with van der Waals surface area (Å²) < 4.78 is 0. The third kappa shape index (κ3) is 2.75. The van der Waals surface area contributed by atoms with Gasteiger partial charge in [0.2, 0.25) is 0 Å². The number of hydrogen-bond donors (Lipinski definition) is 2. The van der Waals surface area contributed by atoms with Gasteiger partial charge in [-0.1, -0.05) is 60.1 Å². The fourth-order valence-electron chi connectivity index (χ4n) is 10.8. The van der Waals surface area contributed by atoms with Gasteiger partial charge in [0.1, 0.15) is 0 Å². The molecule has 5 aliphatic rings. The molecule has 4 saturated carbocycles. The van der Waals surface area contributed by atoms with Gasteiger partial charge in [0.05, 0.1) is 11.5 Å². The molecule has 10 atom stereocenters. The molecule has 3 heteroatoms. The van der Waals surface area contributed by atoms with Crippen LogP contribution in [0.3, 0.4) is 0 Å². The van der Waals surface area contributed by atoms with Crippen molar-refractivity contribution in [2.75, 3.05) is 0 Å². The molecule has 0 aromatic heterocycles. The predicted octanol–water partition coefficient (Wildman–Crippen LogP) is 7.09. The van der Waals surface area contributed by atoms with Gasteiger partial charge in [-0.3, -0.25) is 4.79 Å². The van der Waals surface area contributed by atoms with Gasteiger partial charge in [-0.05, 0) is 109 Å². The lowest BCUT2D eigenvalue weighted by atomic mass is 9.33. The summed E-state index contributed by atoms with van der Waals surface area (Å²) in [5.41, 5.74) is 1.46. The Labute approximate surface area is 201 Å². The van der Waals surface area contributed by atoms with Crippen LogP contribution in [0.25, 0.3) is 0 Å². The largest absolute Gasteiger partial charge is 0.481 e. The quantitative estimate of drug-likeness (QED) is 0.414. The summed E-state index contributed by atoms with van der Waals surface area (Å²) in [7, 11) is 0. The maximum absolute atomic E-state index is 12.8. The van der Waals surface area contributed by atoms with Crippen LogP contribution in [-0.4, -0.2) is 22.3 Å². The summed E-state index contributed by atoms with van der Waals surface area (Å²) in [6.07, 6.45) is 11.6. The van der Waals surface area contributed by atoms with Gasteiger partial charge < -0.3 is 10.2 Å². The Bertz CT molecular complexity index is 874. The lowest BCUT2D eigenvalue weighted by Crippen LogP contribution is -2.65. The van der Waals surface area contributed by atoms with E-state index in [1.54, 1.807) is 0 Å². The highest BCUT2D eigenvalue weighted by Crippen LogP contribution is 2.75. The average molecular weight is 457 g/mol. The van der Waals surface area contributed by atoms with Gasteiger partial charge >= 0.3 is 5.97 Å². The zero-order valence-corrected chi connectivity index (χ0v) is 22.2. The third-order valence-electron chi connectivity index (χ3n) is 13.4. The highest BCUT2D eigenvalue weighted by atomic mass is 16.4. The van der Waals surface area contributed by atoms with Crippen LogP contribution in [0.4, 0.5) is 0 Å². The van der Waals surface area contributed by atoms with E-state index in [1.807, 2.05) is 0 Å². The predicted molar refractivity (Wildman–Crippen MR) is 133 cm³/mol. The first kappa shape index (κ1) is 23.9. The maximum Gasteiger partial charge on any atom is 0.310 e. The Balaban J connectivity index is 1.61. The first-order valence-electron chi connectivity index (χ1n) is 13.9. The first-order valence-corrected chi connectivity index (χ1v) is 13.9. The Hall–Kier alpha value is -0.830. The molecule has 2 N–H and O–H groups in total. The standard InChI is InChI=1S/C30H48O3/c1-18-10-15-30(25(32)33)17-16-28(6)20(24(30)19(18)2)8-9-22-27(5)13-12-23(31)26(3,4)21(27)11-14-29(22,28)7/h8,18-19,21-24,31H,9-17H2,1-7H3,(H,32,33)/t18-,19+,21-,22-,23-,24-,27-,28+,29-,30+/m0/s1. The van der Waals surface area contributed by atoms with Gasteiger partial charge in [0.25, 0.3) is 0 Å². The van der Waals surface area contributed by atoms with E-state index in [-0.39, 0.29) is 33.7 Å². The van der Waals surface area contributed by atoms with Crippen molar-refractivity contribution < 1.29 is 15.0 Å². The van der Waals surface area contributed by atoms with Crippen molar-refractivity contribution in [1.82, 2.24) is 0 Å². The number of aliphatic carboxylic acids is 1. The van der Waals surface area contributed by atoms with E-state index in [4.69, 9.17) is 0 Å². The number of fused-ring (bicyclic) bond motifs is 7. The molecule has 0 aliphatic heterocycles. The van der Waals surface area contributed by atoms with Gasteiger partial charge in [-0.2, -0.15) is 0 Å². The van der Waals surface area contributed by atoms with E-state index in [0.29, 0.717) is 23.7 Å². The number of aliphatic hydroxyl groups is 1. The van der Waals surface area contributed by atoms with E-state index < -0.39 is 11.4 Å². The molecule has 3 nitrogen and oxygen atoms in total. The molecule has 0 bridgehead atoms. The molecule has 0 saturated heterocycles. The molecule has 0 aromatic carbocycles. The van der Waals surface area contributed by atoms with Gasteiger partial charge in [-0.15, -0.1) is 0 Å². The second-order valence-corrected chi connectivity index (χ2v) is 14.5. The molecular formula is C30H48O3. The lowest BCUT2D eigenvalue weighted by Gasteiger charge is -2.71. The van der Waals surface area contributed by atoms with Crippen LogP contribution in [0.15, 0.2) is 11.6 Å². The van der Waals surface area contributed by atoms with Crippen LogP contribution >= 0.6 is 0 Å². The third-order valence-corrected chi connectivity index (χ3v) is 13.4. The molecule has 5 aliphatic carbocycles. The smallest absolute Gasteiger partial charge is 0.310 e. The van der Waals surface area contributed by atoms with Gasteiger partial charge in [0, 0.05) is 0 Å².